The van der Waals surface area contributed by atoms with E-state index in [4.69, 9.17) is 4.74 Å². The quantitative estimate of drug-likeness (QED) is 0.880. The van der Waals surface area contributed by atoms with Crippen LogP contribution in [0.15, 0.2) is 36.4 Å². The molecule has 2 saturated carbocycles. The Morgan fingerprint density at radius 2 is 1.95 bits per heavy atom. The van der Waals surface area contributed by atoms with Crippen molar-refractivity contribution in [2.45, 2.75) is 31.3 Å². The Labute approximate surface area is 128 Å². The molecule has 3 unspecified atom stereocenters. The van der Waals surface area contributed by atoms with Gasteiger partial charge in [-0.3, -0.25) is 0 Å². The molecule has 2 nitrogen and oxygen atoms in total. The second kappa shape index (κ2) is 4.85. The second-order valence-electron chi connectivity index (χ2n) is 6.45. The number of benzene rings is 2. The van der Waals surface area contributed by atoms with Gasteiger partial charge in [0, 0.05) is 5.39 Å². The van der Waals surface area contributed by atoms with Gasteiger partial charge in [-0.05, 0) is 54.5 Å². The summed E-state index contributed by atoms with van der Waals surface area (Å²) in [4.78, 5) is 0. The van der Waals surface area contributed by atoms with E-state index >= 15 is 0 Å². The Hall–Kier alpha value is -1.32. The maximum atomic E-state index is 11.3. The van der Waals surface area contributed by atoms with Gasteiger partial charge in [-0.2, -0.15) is 0 Å². The van der Waals surface area contributed by atoms with Crippen LogP contribution in [0.3, 0.4) is 0 Å². The van der Waals surface area contributed by atoms with Crippen molar-refractivity contribution in [3.8, 4) is 5.75 Å². The van der Waals surface area contributed by atoms with Crippen molar-refractivity contribution >= 4 is 21.0 Å². The van der Waals surface area contributed by atoms with Crippen LogP contribution < -0.4 is 4.74 Å². The Kier molecular flexibility index (Phi) is 3.08. The van der Waals surface area contributed by atoms with Gasteiger partial charge < -0.3 is 9.84 Å². The van der Waals surface area contributed by atoms with E-state index < -0.39 is 5.60 Å². The molecule has 3 atom stereocenters. The molecule has 0 amide bonds. The standard InChI is InChI=1S/C18H19O2Si/c19-18(10-12-5-6-13(18)9-12)16-7-8-17(20-11-21)15-4-2-1-3-14(15)16/h1-4,7-8,12-13,19H,5-6,9-11H2. The van der Waals surface area contributed by atoms with Crippen LogP contribution in [-0.4, -0.2) is 21.6 Å². The van der Waals surface area contributed by atoms with E-state index in [0.717, 1.165) is 34.9 Å². The van der Waals surface area contributed by atoms with Crippen LogP contribution in [0.1, 0.15) is 31.2 Å². The summed E-state index contributed by atoms with van der Waals surface area (Å²) in [6, 6.07) is 12.3. The average Bonchev–Trinajstić information content (AvgIpc) is 3.08. The molecule has 3 radical (unpaired) electrons. The minimum atomic E-state index is -0.644. The molecule has 4 rings (SSSR count). The fourth-order valence-electron chi connectivity index (χ4n) is 4.48. The third-order valence-corrected chi connectivity index (χ3v) is 5.54. The predicted octanol–water partition coefficient (Wildman–Crippen LogP) is 3.35. The molecule has 2 fully saturated rings. The molecule has 2 aliphatic carbocycles. The predicted molar refractivity (Wildman–Crippen MR) is 84.5 cm³/mol. The van der Waals surface area contributed by atoms with Gasteiger partial charge in [0.25, 0.3) is 0 Å². The van der Waals surface area contributed by atoms with Crippen LogP contribution in [0, 0.1) is 11.8 Å². The van der Waals surface area contributed by atoms with Gasteiger partial charge >= 0.3 is 0 Å². The minimum Gasteiger partial charge on any atom is -0.497 e. The van der Waals surface area contributed by atoms with Gasteiger partial charge in [0.2, 0.25) is 0 Å². The SMILES string of the molecule is OC1(c2ccc(OC[Si])c3ccccc23)CC2CCC1C2. The lowest BCUT2D eigenvalue weighted by atomic mass is 9.77. The zero-order chi connectivity index (χ0) is 14.4. The zero-order valence-corrected chi connectivity index (χ0v) is 13.0. The smallest absolute Gasteiger partial charge is 0.126 e. The molecular formula is C18H19O2Si. The van der Waals surface area contributed by atoms with Crippen molar-refractivity contribution in [2.75, 3.05) is 6.23 Å². The van der Waals surface area contributed by atoms with Gasteiger partial charge in [0.1, 0.15) is 5.75 Å². The van der Waals surface area contributed by atoms with Gasteiger partial charge in [0.05, 0.1) is 22.1 Å². The van der Waals surface area contributed by atoms with Crippen LogP contribution in [-0.2, 0) is 5.60 Å². The molecule has 0 aromatic heterocycles. The summed E-state index contributed by atoms with van der Waals surface area (Å²) in [5.74, 6) is 2.00. The van der Waals surface area contributed by atoms with Crippen LogP contribution in [0.5, 0.6) is 5.75 Å². The summed E-state index contributed by atoms with van der Waals surface area (Å²) in [5, 5.41) is 13.5. The number of rotatable bonds is 3. The Balaban J connectivity index is 1.88. The van der Waals surface area contributed by atoms with E-state index in [0.29, 0.717) is 18.1 Å². The van der Waals surface area contributed by atoms with Gasteiger partial charge in [-0.15, -0.1) is 0 Å². The highest BCUT2D eigenvalue weighted by Crippen LogP contribution is 2.56. The summed E-state index contributed by atoms with van der Waals surface area (Å²) >= 11 is 0. The monoisotopic (exact) mass is 295 g/mol. The molecule has 2 aromatic rings. The minimum absolute atomic E-state index is 0.425. The third-order valence-electron chi connectivity index (χ3n) is 5.39. The highest BCUT2D eigenvalue weighted by Gasteiger charge is 2.51. The highest BCUT2D eigenvalue weighted by molar-refractivity contribution is 6.08. The molecule has 0 saturated heterocycles. The number of hydrogen-bond acceptors (Lipinski definition) is 2. The second-order valence-corrected chi connectivity index (χ2v) is 6.74. The fourth-order valence-corrected chi connectivity index (χ4v) is 4.64. The normalized spacial score (nSPS) is 31.0. The fraction of sp³-hybridized carbons (Fsp3) is 0.444. The van der Waals surface area contributed by atoms with Crippen molar-refractivity contribution in [2.24, 2.45) is 11.8 Å². The third kappa shape index (κ3) is 1.95. The molecule has 2 aliphatic rings. The summed E-state index contributed by atoms with van der Waals surface area (Å²) < 4.78 is 5.66. The molecule has 0 heterocycles. The van der Waals surface area contributed by atoms with E-state index in [1.54, 1.807) is 0 Å². The van der Waals surface area contributed by atoms with Crippen LogP contribution in [0.2, 0.25) is 0 Å². The lowest BCUT2D eigenvalue weighted by molar-refractivity contribution is -0.0168. The van der Waals surface area contributed by atoms with E-state index in [1.165, 1.54) is 12.8 Å². The van der Waals surface area contributed by atoms with Gasteiger partial charge in [-0.25, -0.2) is 0 Å². The van der Waals surface area contributed by atoms with Crippen molar-refractivity contribution in [3.05, 3.63) is 42.0 Å². The van der Waals surface area contributed by atoms with Crippen LogP contribution in [0.4, 0.5) is 0 Å². The van der Waals surface area contributed by atoms with Crippen LogP contribution in [0.25, 0.3) is 10.8 Å². The zero-order valence-electron chi connectivity index (χ0n) is 12.0. The summed E-state index contributed by atoms with van der Waals surface area (Å²) in [6.45, 7) is 0. The lowest BCUT2D eigenvalue weighted by Gasteiger charge is -2.34. The van der Waals surface area contributed by atoms with E-state index in [1.807, 2.05) is 18.2 Å². The number of ether oxygens (including phenoxy) is 1. The van der Waals surface area contributed by atoms with Crippen molar-refractivity contribution < 1.29 is 9.84 Å². The number of hydrogen-bond donors (Lipinski definition) is 1. The molecule has 0 spiro atoms. The van der Waals surface area contributed by atoms with Crippen molar-refractivity contribution in [3.63, 3.8) is 0 Å². The Morgan fingerprint density at radius 3 is 2.62 bits per heavy atom. The molecule has 0 aliphatic heterocycles. The average molecular weight is 295 g/mol. The number of aliphatic hydroxyl groups is 1. The summed E-state index contributed by atoms with van der Waals surface area (Å²) in [7, 11) is 3.37. The molecule has 3 heteroatoms. The molecular weight excluding hydrogens is 276 g/mol. The first-order valence-corrected chi connectivity index (χ1v) is 8.45. The molecule has 2 bridgehead atoms. The molecule has 107 valence electrons. The maximum absolute atomic E-state index is 11.3. The summed E-state index contributed by atoms with van der Waals surface area (Å²) in [6.07, 6.45) is 5.02. The largest absolute Gasteiger partial charge is 0.497 e. The first kappa shape index (κ1) is 13.3. The first-order chi connectivity index (χ1) is 10.2. The highest BCUT2D eigenvalue weighted by atomic mass is 28.1. The van der Waals surface area contributed by atoms with Crippen molar-refractivity contribution in [1.82, 2.24) is 0 Å². The van der Waals surface area contributed by atoms with Gasteiger partial charge in [0.15, 0.2) is 0 Å². The Morgan fingerprint density at radius 1 is 1.14 bits per heavy atom. The van der Waals surface area contributed by atoms with E-state index in [2.05, 4.69) is 28.4 Å². The van der Waals surface area contributed by atoms with Gasteiger partial charge in [-0.1, -0.05) is 30.3 Å². The Bertz CT molecular complexity index is 684. The number of fused-ring (bicyclic) bond motifs is 3. The summed E-state index contributed by atoms with van der Waals surface area (Å²) in [5.41, 5.74) is 0.446. The first-order valence-electron chi connectivity index (χ1n) is 7.74. The van der Waals surface area contributed by atoms with Crippen LogP contribution >= 0.6 is 0 Å². The lowest BCUT2D eigenvalue weighted by Crippen LogP contribution is -2.32. The topological polar surface area (TPSA) is 29.5 Å². The maximum Gasteiger partial charge on any atom is 0.126 e. The van der Waals surface area contributed by atoms with E-state index in [9.17, 15) is 5.11 Å². The van der Waals surface area contributed by atoms with Crippen molar-refractivity contribution in [1.29, 1.82) is 0 Å². The van der Waals surface area contributed by atoms with E-state index in [-0.39, 0.29) is 0 Å². The molecule has 2 aromatic carbocycles. The molecule has 21 heavy (non-hydrogen) atoms. The molecule has 1 N–H and O–H groups in total.